The third-order valence-corrected chi connectivity index (χ3v) is 6.24. The van der Waals surface area contributed by atoms with Crippen LogP contribution in [0.5, 0.6) is 0 Å². The van der Waals surface area contributed by atoms with Crippen molar-refractivity contribution in [2.45, 2.75) is 51.4 Å². The molecule has 0 radical (unpaired) electrons. The highest BCUT2D eigenvalue weighted by molar-refractivity contribution is 5.78. The molecule has 154 valence electrons. The Bertz CT molecular complexity index is 868. The Balaban J connectivity index is 1.18. The number of likely N-dealkylation sites (tertiary alicyclic amines) is 1. The quantitative estimate of drug-likeness (QED) is 0.816. The van der Waals surface area contributed by atoms with E-state index in [1.807, 2.05) is 11.8 Å². The molecule has 1 atom stereocenters. The molecule has 1 fully saturated rings. The molecule has 2 amide bonds. The van der Waals surface area contributed by atoms with Gasteiger partial charge in [0.05, 0.1) is 12.1 Å². The van der Waals surface area contributed by atoms with Gasteiger partial charge >= 0.3 is 0 Å². The largest absolute Gasteiger partial charge is 0.361 e. The zero-order valence-corrected chi connectivity index (χ0v) is 17.0. The number of aromatic nitrogens is 1. The zero-order valence-electron chi connectivity index (χ0n) is 17.0. The molecule has 2 aliphatic rings. The third kappa shape index (κ3) is 4.86. The van der Waals surface area contributed by atoms with E-state index in [9.17, 15) is 9.59 Å². The van der Waals surface area contributed by atoms with Crippen LogP contribution < -0.4 is 5.32 Å². The Morgan fingerprint density at radius 3 is 2.76 bits per heavy atom. The highest BCUT2D eigenvalue weighted by atomic mass is 16.5. The van der Waals surface area contributed by atoms with Crippen molar-refractivity contribution in [2.75, 3.05) is 19.6 Å². The fourth-order valence-electron chi connectivity index (χ4n) is 4.56. The summed E-state index contributed by atoms with van der Waals surface area (Å²) in [6, 6.07) is 10.3. The van der Waals surface area contributed by atoms with Gasteiger partial charge in [0.15, 0.2) is 0 Å². The second-order valence-electron chi connectivity index (χ2n) is 8.38. The van der Waals surface area contributed by atoms with E-state index >= 15 is 0 Å². The summed E-state index contributed by atoms with van der Waals surface area (Å²) in [5.74, 6) is 1.62. The van der Waals surface area contributed by atoms with E-state index in [1.165, 1.54) is 11.1 Å². The van der Waals surface area contributed by atoms with Gasteiger partial charge in [-0.1, -0.05) is 29.4 Å². The normalized spacial score (nSPS) is 19.2. The Labute approximate surface area is 171 Å². The van der Waals surface area contributed by atoms with E-state index in [0.717, 1.165) is 44.5 Å². The summed E-state index contributed by atoms with van der Waals surface area (Å²) >= 11 is 0. The number of benzene rings is 1. The molecule has 0 saturated carbocycles. The Hall–Kier alpha value is -2.63. The topological polar surface area (TPSA) is 75.4 Å². The molecule has 1 saturated heterocycles. The second-order valence-corrected chi connectivity index (χ2v) is 8.38. The van der Waals surface area contributed by atoms with Crippen molar-refractivity contribution in [3.63, 3.8) is 0 Å². The first-order chi connectivity index (χ1) is 14.1. The Kier molecular flexibility index (Phi) is 5.97. The lowest BCUT2D eigenvalue weighted by Crippen LogP contribution is -2.42. The van der Waals surface area contributed by atoms with Crippen molar-refractivity contribution in [3.05, 3.63) is 52.9 Å². The zero-order chi connectivity index (χ0) is 20.2. The van der Waals surface area contributed by atoms with Gasteiger partial charge in [-0.2, -0.15) is 0 Å². The van der Waals surface area contributed by atoms with E-state index in [0.29, 0.717) is 30.6 Å². The predicted octanol–water partition coefficient (Wildman–Crippen LogP) is 3.00. The van der Waals surface area contributed by atoms with Crippen molar-refractivity contribution in [2.24, 2.45) is 5.92 Å². The van der Waals surface area contributed by atoms with Crippen molar-refractivity contribution in [1.82, 2.24) is 15.4 Å². The van der Waals surface area contributed by atoms with Crippen LogP contribution in [0.15, 0.2) is 34.9 Å². The minimum Gasteiger partial charge on any atom is -0.361 e. The molecule has 1 aromatic heterocycles. The maximum atomic E-state index is 12.8. The molecule has 6 nitrogen and oxygen atoms in total. The van der Waals surface area contributed by atoms with E-state index in [1.54, 1.807) is 6.07 Å². The standard InChI is InChI=1S/C23H29N3O3/c1-16-12-20(29-25-16)14-22(27)24-15-17-8-10-26(11-9-17)23(28)13-19-7-6-18-4-2-3-5-21(18)19/h2-5,12,17,19H,6-11,13-15H2,1H3,(H,24,27). The lowest BCUT2D eigenvalue weighted by molar-refractivity contribution is -0.133. The summed E-state index contributed by atoms with van der Waals surface area (Å²) in [7, 11) is 0. The molecule has 29 heavy (non-hydrogen) atoms. The third-order valence-electron chi connectivity index (χ3n) is 6.24. The molecule has 1 unspecified atom stereocenters. The lowest BCUT2D eigenvalue weighted by Gasteiger charge is -2.32. The fourth-order valence-corrected chi connectivity index (χ4v) is 4.56. The van der Waals surface area contributed by atoms with Crippen LogP contribution in [0.25, 0.3) is 0 Å². The van der Waals surface area contributed by atoms with E-state index < -0.39 is 0 Å². The van der Waals surface area contributed by atoms with Gasteiger partial charge in [-0.05, 0) is 55.6 Å². The van der Waals surface area contributed by atoms with Crippen LogP contribution in [0.4, 0.5) is 0 Å². The maximum Gasteiger partial charge on any atom is 0.227 e. The average Bonchev–Trinajstić information content (AvgIpc) is 3.33. The molecule has 1 aromatic carbocycles. The number of hydrogen-bond acceptors (Lipinski definition) is 4. The van der Waals surface area contributed by atoms with Crippen LogP contribution in [-0.2, 0) is 22.4 Å². The van der Waals surface area contributed by atoms with Gasteiger partial charge in [0.1, 0.15) is 5.76 Å². The van der Waals surface area contributed by atoms with Gasteiger partial charge in [-0.15, -0.1) is 0 Å². The van der Waals surface area contributed by atoms with Gasteiger partial charge in [0.25, 0.3) is 0 Å². The van der Waals surface area contributed by atoms with Crippen LogP contribution in [0.2, 0.25) is 0 Å². The summed E-state index contributed by atoms with van der Waals surface area (Å²) in [6.07, 6.45) is 4.89. The number of nitrogens with zero attached hydrogens (tertiary/aromatic N) is 2. The Morgan fingerprint density at radius 2 is 2.00 bits per heavy atom. The lowest BCUT2D eigenvalue weighted by atomic mass is 9.94. The van der Waals surface area contributed by atoms with Crippen molar-refractivity contribution >= 4 is 11.8 Å². The van der Waals surface area contributed by atoms with Gasteiger partial charge in [0.2, 0.25) is 11.8 Å². The second kappa shape index (κ2) is 8.80. The molecular formula is C23H29N3O3. The van der Waals surface area contributed by atoms with Gasteiger partial charge in [-0.25, -0.2) is 0 Å². The number of carbonyl (C=O) groups is 2. The number of hydrogen-bond donors (Lipinski definition) is 1. The molecule has 1 aliphatic carbocycles. The number of nitrogens with one attached hydrogen (secondary N) is 1. The molecule has 2 aromatic rings. The summed E-state index contributed by atoms with van der Waals surface area (Å²) in [6.45, 7) is 4.07. The van der Waals surface area contributed by atoms with Crippen LogP contribution in [0, 0.1) is 12.8 Å². The molecule has 1 N–H and O–H groups in total. The monoisotopic (exact) mass is 395 g/mol. The number of aryl methyl sites for hydroxylation is 2. The summed E-state index contributed by atoms with van der Waals surface area (Å²) in [4.78, 5) is 26.9. The smallest absolute Gasteiger partial charge is 0.227 e. The number of carbonyl (C=O) groups excluding carboxylic acids is 2. The SMILES string of the molecule is Cc1cc(CC(=O)NCC2CCN(C(=O)CC3CCc4ccccc43)CC2)on1. The minimum absolute atomic E-state index is 0.0421. The van der Waals surface area contributed by atoms with E-state index in [-0.39, 0.29) is 18.2 Å². The summed E-state index contributed by atoms with van der Waals surface area (Å²) in [5.41, 5.74) is 3.55. The average molecular weight is 396 g/mol. The maximum absolute atomic E-state index is 12.8. The highest BCUT2D eigenvalue weighted by Crippen LogP contribution is 2.35. The van der Waals surface area contributed by atoms with Crippen molar-refractivity contribution in [3.8, 4) is 0 Å². The molecule has 6 heteroatoms. The van der Waals surface area contributed by atoms with Crippen LogP contribution in [0.1, 0.15) is 54.2 Å². The number of fused-ring (bicyclic) bond motifs is 1. The number of piperidine rings is 1. The minimum atomic E-state index is -0.0421. The number of rotatable bonds is 6. The van der Waals surface area contributed by atoms with Gasteiger partial charge in [0, 0.05) is 32.1 Å². The fraction of sp³-hybridized carbons (Fsp3) is 0.522. The molecule has 0 spiro atoms. The van der Waals surface area contributed by atoms with Gasteiger partial charge in [-0.3, -0.25) is 9.59 Å². The van der Waals surface area contributed by atoms with Crippen LogP contribution in [0.3, 0.4) is 0 Å². The molecule has 1 aliphatic heterocycles. The molecule has 0 bridgehead atoms. The number of amides is 2. The first-order valence-corrected chi connectivity index (χ1v) is 10.6. The van der Waals surface area contributed by atoms with Crippen LogP contribution >= 0.6 is 0 Å². The molecule has 2 heterocycles. The Morgan fingerprint density at radius 1 is 1.21 bits per heavy atom. The summed E-state index contributed by atoms with van der Waals surface area (Å²) < 4.78 is 5.09. The van der Waals surface area contributed by atoms with Crippen molar-refractivity contribution in [1.29, 1.82) is 0 Å². The predicted molar refractivity (Wildman–Crippen MR) is 109 cm³/mol. The molecular weight excluding hydrogens is 366 g/mol. The summed E-state index contributed by atoms with van der Waals surface area (Å²) in [5, 5.41) is 6.79. The van der Waals surface area contributed by atoms with E-state index in [4.69, 9.17) is 4.52 Å². The first-order valence-electron chi connectivity index (χ1n) is 10.6. The van der Waals surface area contributed by atoms with Crippen molar-refractivity contribution < 1.29 is 14.1 Å². The van der Waals surface area contributed by atoms with Crippen LogP contribution in [-0.4, -0.2) is 41.5 Å². The highest BCUT2D eigenvalue weighted by Gasteiger charge is 2.28. The van der Waals surface area contributed by atoms with Gasteiger partial charge < -0.3 is 14.7 Å². The van der Waals surface area contributed by atoms with E-state index in [2.05, 4.69) is 34.7 Å². The first kappa shape index (κ1) is 19.7. The molecule has 4 rings (SSSR count).